The van der Waals surface area contributed by atoms with Crippen LogP contribution < -0.4 is 14.8 Å². The van der Waals surface area contributed by atoms with Gasteiger partial charge in [0.05, 0.1) is 6.04 Å². The van der Waals surface area contributed by atoms with Gasteiger partial charge in [-0.3, -0.25) is 9.52 Å². The standard InChI is InChI=1S/C15H20N2O4S/c1-8(18)9-5-6-11-10(7-9)12(16-14(20)17-22-4)13(19)15(2,3)21-11/h5-7,12-13,19H,1-4H3,(H2,16,17,20). The van der Waals surface area contributed by atoms with E-state index in [1.807, 2.05) is 0 Å². The molecule has 2 atom stereocenters. The molecule has 6 nitrogen and oxygen atoms in total. The Balaban J connectivity index is 2.44. The van der Waals surface area contributed by atoms with Gasteiger partial charge in [0.15, 0.2) is 5.78 Å². The quantitative estimate of drug-likeness (QED) is 0.585. The van der Waals surface area contributed by atoms with Crippen molar-refractivity contribution in [2.75, 3.05) is 6.26 Å². The number of nitrogens with one attached hydrogen (secondary N) is 2. The van der Waals surface area contributed by atoms with E-state index in [4.69, 9.17) is 4.74 Å². The molecule has 7 heteroatoms. The molecule has 0 saturated heterocycles. The molecule has 1 aliphatic heterocycles. The molecule has 120 valence electrons. The van der Waals surface area contributed by atoms with Crippen molar-refractivity contribution in [1.29, 1.82) is 0 Å². The zero-order chi connectivity index (χ0) is 16.5. The Morgan fingerprint density at radius 1 is 1.36 bits per heavy atom. The first-order valence-electron chi connectivity index (χ1n) is 6.87. The summed E-state index contributed by atoms with van der Waals surface area (Å²) in [6, 6.07) is 3.95. The van der Waals surface area contributed by atoms with E-state index in [9.17, 15) is 14.7 Å². The first-order valence-corrected chi connectivity index (χ1v) is 8.10. The van der Waals surface area contributed by atoms with E-state index in [1.165, 1.54) is 6.92 Å². The highest BCUT2D eigenvalue weighted by atomic mass is 32.2. The number of aliphatic hydroxyl groups excluding tert-OH is 1. The normalized spacial score (nSPS) is 22.2. The number of aliphatic hydroxyl groups is 1. The second-order valence-corrected chi connectivity index (χ2v) is 6.33. The van der Waals surface area contributed by atoms with E-state index < -0.39 is 23.8 Å². The number of carbonyl (C=O) groups is 2. The van der Waals surface area contributed by atoms with Crippen LogP contribution >= 0.6 is 11.9 Å². The summed E-state index contributed by atoms with van der Waals surface area (Å²) < 4.78 is 8.36. The van der Waals surface area contributed by atoms with E-state index in [0.29, 0.717) is 16.9 Å². The van der Waals surface area contributed by atoms with E-state index in [0.717, 1.165) is 11.9 Å². The first-order chi connectivity index (χ1) is 10.3. The van der Waals surface area contributed by atoms with Gasteiger partial charge in [0.1, 0.15) is 17.5 Å². The molecule has 0 saturated carbocycles. The number of rotatable bonds is 3. The molecule has 1 aromatic rings. The largest absolute Gasteiger partial charge is 0.485 e. The summed E-state index contributed by atoms with van der Waals surface area (Å²) in [4.78, 5) is 23.4. The lowest BCUT2D eigenvalue weighted by Crippen LogP contribution is -2.54. The summed E-state index contributed by atoms with van der Waals surface area (Å²) in [5, 5.41) is 13.3. The second kappa shape index (κ2) is 6.18. The van der Waals surface area contributed by atoms with Crippen LogP contribution in [-0.2, 0) is 0 Å². The van der Waals surface area contributed by atoms with E-state index in [1.54, 1.807) is 38.3 Å². The number of urea groups is 1. The van der Waals surface area contributed by atoms with Crippen LogP contribution in [0.15, 0.2) is 18.2 Å². The van der Waals surface area contributed by atoms with Crippen molar-refractivity contribution >= 4 is 23.8 Å². The highest BCUT2D eigenvalue weighted by molar-refractivity contribution is 7.97. The lowest BCUT2D eigenvalue weighted by molar-refractivity contribution is -0.0620. The number of carbonyl (C=O) groups excluding carboxylic acids is 2. The average molecular weight is 324 g/mol. The Morgan fingerprint density at radius 3 is 2.64 bits per heavy atom. The van der Waals surface area contributed by atoms with Gasteiger partial charge in [-0.1, -0.05) is 11.9 Å². The van der Waals surface area contributed by atoms with Crippen molar-refractivity contribution in [1.82, 2.24) is 10.0 Å². The molecule has 0 bridgehead atoms. The highest BCUT2D eigenvalue weighted by Crippen LogP contribution is 2.40. The topological polar surface area (TPSA) is 87.7 Å². The fraction of sp³-hybridized carbons (Fsp3) is 0.467. The number of Topliss-reactive ketones (excluding diaryl/α,β-unsaturated/α-hetero) is 1. The van der Waals surface area contributed by atoms with Gasteiger partial charge in [-0.25, -0.2) is 4.79 Å². The second-order valence-electron chi connectivity index (χ2n) is 5.72. The maximum atomic E-state index is 11.8. The number of amides is 2. The van der Waals surface area contributed by atoms with Gasteiger partial charge < -0.3 is 15.2 Å². The molecule has 2 unspecified atom stereocenters. The molecule has 1 heterocycles. The lowest BCUT2D eigenvalue weighted by atomic mass is 9.85. The average Bonchev–Trinajstić information content (AvgIpc) is 2.43. The van der Waals surface area contributed by atoms with Gasteiger partial charge in [0.25, 0.3) is 0 Å². The predicted molar refractivity (Wildman–Crippen MR) is 85.1 cm³/mol. The molecule has 0 aliphatic carbocycles. The number of hydrogen-bond donors (Lipinski definition) is 3. The Morgan fingerprint density at radius 2 is 2.05 bits per heavy atom. The monoisotopic (exact) mass is 324 g/mol. The van der Waals surface area contributed by atoms with Crippen molar-refractivity contribution in [2.24, 2.45) is 0 Å². The molecular weight excluding hydrogens is 304 g/mol. The number of benzene rings is 1. The highest BCUT2D eigenvalue weighted by Gasteiger charge is 2.43. The minimum absolute atomic E-state index is 0.0885. The summed E-state index contributed by atoms with van der Waals surface area (Å²) in [6.07, 6.45) is 0.779. The molecule has 3 N–H and O–H groups in total. The van der Waals surface area contributed by atoms with Gasteiger partial charge in [-0.05, 0) is 39.0 Å². The summed E-state index contributed by atoms with van der Waals surface area (Å²) in [5.74, 6) is 0.462. The minimum Gasteiger partial charge on any atom is -0.485 e. The van der Waals surface area contributed by atoms with E-state index in [2.05, 4.69) is 10.0 Å². The van der Waals surface area contributed by atoms with Gasteiger partial charge >= 0.3 is 6.03 Å². The van der Waals surface area contributed by atoms with Crippen LogP contribution in [0.25, 0.3) is 0 Å². The Bertz CT molecular complexity index is 603. The Kier molecular flexibility index (Phi) is 4.67. The number of ketones is 1. The summed E-state index contributed by atoms with van der Waals surface area (Å²) >= 11 is 1.16. The van der Waals surface area contributed by atoms with Crippen LogP contribution in [0.2, 0.25) is 0 Å². The van der Waals surface area contributed by atoms with E-state index >= 15 is 0 Å². The van der Waals surface area contributed by atoms with Gasteiger partial charge in [-0.2, -0.15) is 0 Å². The van der Waals surface area contributed by atoms with Crippen molar-refractivity contribution in [3.05, 3.63) is 29.3 Å². The zero-order valence-electron chi connectivity index (χ0n) is 13.0. The Hall–Kier alpha value is -1.73. The molecule has 2 amide bonds. The molecule has 22 heavy (non-hydrogen) atoms. The SMILES string of the molecule is CSNC(=O)NC1c2cc(C(C)=O)ccc2OC(C)(C)C1O. The third kappa shape index (κ3) is 3.20. The van der Waals surface area contributed by atoms with Crippen molar-refractivity contribution in [3.63, 3.8) is 0 Å². The third-order valence-electron chi connectivity index (χ3n) is 3.63. The maximum Gasteiger partial charge on any atom is 0.325 e. The zero-order valence-corrected chi connectivity index (χ0v) is 13.8. The number of hydrogen-bond acceptors (Lipinski definition) is 5. The molecule has 1 aliphatic rings. The smallest absolute Gasteiger partial charge is 0.325 e. The fourth-order valence-corrected chi connectivity index (χ4v) is 2.68. The fourth-order valence-electron chi connectivity index (χ4n) is 2.44. The maximum absolute atomic E-state index is 11.8. The van der Waals surface area contributed by atoms with Crippen LogP contribution in [0.3, 0.4) is 0 Å². The van der Waals surface area contributed by atoms with Gasteiger partial charge in [-0.15, -0.1) is 0 Å². The van der Waals surface area contributed by atoms with Gasteiger partial charge in [0, 0.05) is 17.4 Å². The van der Waals surface area contributed by atoms with Crippen LogP contribution in [0, 0.1) is 0 Å². The van der Waals surface area contributed by atoms with Crippen LogP contribution in [0.4, 0.5) is 4.79 Å². The minimum atomic E-state index is -0.949. The van der Waals surface area contributed by atoms with Crippen molar-refractivity contribution < 1.29 is 19.4 Å². The van der Waals surface area contributed by atoms with Crippen LogP contribution in [-0.4, -0.2) is 34.9 Å². The summed E-state index contributed by atoms with van der Waals surface area (Å²) in [5.41, 5.74) is 0.240. The van der Waals surface area contributed by atoms with Crippen LogP contribution in [0.5, 0.6) is 5.75 Å². The van der Waals surface area contributed by atoms with Crippen molar-refractivity contribution in [2.45, 2.75) is 38.5 Å². The van der Waals surface area contributed by atoms with Crippen molar-refractivity contribution in [3.8, 4) is 5.75 Å². The van der Waals surface area contributed by atoms with Gasteiger partial charge in [0.2, 0.25) is 0 Å². The predicted octanol–water partition coefficient (Wildman–Crippen LogP) is 2.04. The molecule has 1 aromatic carbocycles. The summed E-state index contributed by atoms with van der Waals surface area (Å²) in [7, 11) is 0. The Labute approximate surface area is 133 Å². The van der Waals surface area contributed by atoms with E-state index in [-0.39, 0.29) is 5.78 Å². The molecular formula is C15H20N2O4S. The number of ether oxygens (including phenoxy) is 1. The van der Waals surface area contributed by atoms with Crippen LogP contribution in [0.1, 0.15) is 42.7 Å². The molecule has 0 spiro atoms. The molecule has 0 radical (unpaired) electrons. The summed E-state index contributed by atoms with van der Waals surface area (Å²) in [6.45, 7) is 4.97. The molecule has 0 fully saturated rings. The molecule has 2 rings (SSSR count). The first kappa shape index (κ1) is 16.6. The third-order valence-corrected chi connectivity index (χ3v) is 4.02. The molecule has 0 aromatic heterocycles. The lowest BCUT2D eigenvalue weighted by Gasteiger charge is -2.42. The number of fused-ring (bicyclic) bond motifs is 1.